The number of carbonyl (C=O) groups is 1. The van der Waals surface area contributed by atoms with Crippen molar-refractivity contribution >= 4 is 5.78 Å². The highest BCUT2D eigenvalue weighted by Crippen LogP contribution is 2.02. The quantitative estimate of drug-likeness (QED) is 0.726. The second-order valence-electron chi connectivity index (χ2n) is 4.14. The van der Waals surface area contributed by atoms with Crippen LogP contribution in [0, 0.1) is 0 Å². The Morgan fingerprint density at radius 1 is 1.50 bits per heavy atom. The molecule has 1 N–H and O–H groups in total. The summed E-state index contributed by atoms with van der Waals surface area (Å²) in [7, 11) is 1.80. The van der Waals surface area contributed by atoms with Crippen LogP contribution in [0.3, 0.4) is 0 Å². The molecule has 16 heavy (non-hydrogen) atoms. The molecule has 0 spiro atoms. The van der Waals surface area contributed by atoms with E-state index < -0.39 is 0 Å². The van der Waals surface area contributed by atoms with Crippen molar-refractivity contribution in [1.29, 1.82) is 0 Å². The Hall–Kier alpha value is -1.20. The van der Waals surface area contributed by atoms with E-state index in [0.29, 0.717) is 12.2 Å². The van der Waals surface area contributed by atoms with Gasteiger partial charge in [0, 0.05) is 26.3 Å². The van der Waals surface area contributed by atoms with Crippen LogP contribution in [0.4, 0.5) is 0 Å². The van der Waals surface area contributed by atoms with Crippen molar-refractivity contribution < 1.29 is 4.79 Å². The summed E-state index contributed by atoms with van der Waals surface area (Å²) >= 11 is 0. The number of hydrogen-bond acceptors (Lipinski definition) is 4. The fraction of sp³-hybridized carbons (Fsp3) is 0.636. The van der Waals surface area contributed by atoms with Crippen LogP contribution in [0.25, 0.3) is 0 Å². The van der Waals surface area contributed by atoms with Crippen LogP contribution in [0.2, 0.25) is 0 Å². The Labute approximate surface area is 95.4 Å². The number of nitrogens with one attached hydrogen (secondary N) is 1. The van der Waals surface area contributed by atoms with Gasteiger partial charge in [-0.15, -0.1) is 0 Å². The van der Waals surface area contributed by atoms with Crippen molar-refractivity contribution in [3.8, 4) is 0 Å². The number of hydrogen-bond donors (Lipinski definition) is 1. The SMILES string of the molecule is Cn1nccc1C(=O)CN1CCCNCC1. The summed E-state index contributed by atoms with van der Waals surface area (Å²) in [5.74, 6) is 0.155. The Balaban J connectivity index is 1.93. The molecule has 5 heteroatoms. The van der Waals surface area contributed by atoms with E-state index in [1.807, 2.05) is 0 Å². The third-order valence-electron chi connectivity index (χ3n) is 2.91. The number of ketones is 1. The van der Waals surface area contributed by atoms with Gasteiger partial charge in [-0.3, -0.25) is 14.4 Å². The predicted octanol–water partition coefficient (Wildman–Crippen LogP) is -0.102. The number of rotatable bonds is 3. The summed E-state index contributed by atoms with van der Waals surface area (Å²) in [6.07, 6.45) is 2.77. The van der Waals surface area contributed by atoms with Gasteiger partial charge < -0.3 is 5.32 Å². The average Bonchev–Trinajstić information content (AvgIpc) is 2.53. The molecule has 0 aliphatic carbocycles. The minimum atomic E-state index is 0.155. The summed E-state index contributed by atoms with van der Waals surface area (Å²) < 4.78 is 1.64. The van der Waals surface area contributed by atoms with Crippen LogP contribution in [-0.4, -0.2) is 53.2 Å². The number of nitrogens with zero attached hydrogens (tertiary/aromatic N) is 3. The van der Waals surface area contributed by atoms with Crippen LogP contribution in [0.5, 0.6) is 0 Å². The van der Waals surface area contributed by atoms with Gasteiger partial charge in [-0.1, -0.05) is 0 Å². The lowest BCUT2D eigenvalue weighted by Crippen LogP contribution is -2.33. The van der Waals surface area contributed by atoms with Gasteiger partial charge in [0.2, 0.25) is 0 Å². The molecule has 0 bridgehead atoms. The normalized spacial score (nSPS) is 18.3. The molecule has 2 heterocycles. The largest absolute Gasteiger partial charge is 0.315 e. The zero-order valence-electron chi connectivity index (χ0n) is 9.65. The summed E-state index contributed by atoms with van der Waals surface area (Å²) in [4.78, 5) is 14.2. The van der Waals surface area contributed by atoms with Crippen molar-refractivity contribution in [2.24, 2.45) is 7.05 Å². The molecule has 1 saturated heterocycles. The zero-order chi connectivity index (χ0) is 11.4. The molecule has 1 aromatic heterocycles. The highest BCUT2D eigenvalue weighted by molar-refractivity contribution is 5.95. The molecule has 0 atom stereocenters. The van der Waals surface area contributed by atoms with E-state index in [4.69, 9.17) is 0 Å². The Bertz CT molecular complexity index is 353. The molecule has 88 valence electrons. The van der Waals surface area contributed by atoms with Crippen molar-refractivity contribution in [3.63, 3.8) is 0 Å². The van der Waals surface area contributed by atoms with Gasteiger partial charge in [0.05, 0.1) is 6.54 Å². The Morgan fingerprint density at radius 3 is 3.12 bits per heavy atom. The van der Waals surface area contributed by atoms with Crippen molar-refractivity contribution in [1.82, 2.24) is 20.0 Å². The number of aryl methyl sites for hydroxylation is 1. The summed E-state index contributed by atoms with van der Waals surface area (Å²) in [5, 5.41) is 7.34. The molecule has 0 saturated carbocycles. The summed E-state index contributed by atoms with van der Waals surface area (Å²) in [5.41, 5.74) is 0.692. The molecular formula is C11H18N4O. The van der Waals surface area contributed by atoms with Gasteiger partial charge in [0.25, 0.3) is 0 Å². The second kappa shape index (κ2) is 5.23. The lowest BCUT2D eigenvalue weighted by molar-refractivity contribution is 0.0925. The Kier molecular flexibility index (Phi) is 3.69. The van der Waals surface area contributed by atoms with E-state index in [2.05, 4.69) is 15.3 Å². The maximum absolute atomic E-state index is 12.0. The fourth-order valence-corrected chi connectivity index (χ4v) is 1.99. The summed E-state index contributed by atoms with van der Waals surface area (Å²) in [6, 6.07) is 1.78. The van der Waals surface area contributed by atoms with Crippen LogP contribution in [0.15, 0.2) is 12.3 Å². The van der Waals surface area contributed by atoms with Gasteiger partial charge in [-0.25, -0.2) is 0 Å². The molecule has 1 fully saturated rings. The van der Waals surface area contributed by atoms with Gasteiger partial charge in [0.1, 0.15) is 5.69 Å². The van der Waals surface area contributed by atoms with Crippen LogP contribution in [-0.2, 0) is 7.05 Å². The minimum absolute atomic E-state index is 0.155. The third-order valence-corrected chi connectivity index (χ3v) is 2.91. The van der Waals surface area contributed by atoms with E-state index in [-0.39, 0.29) is 5.78 Å². The molecule has 1 aliphatic rings. The molecule has 0 radical (unpaired) electrons. The predicted molar refractivity (Wildman–Crippen MR) is 61.5 cm³/mol. The molecule has 0 amide bonds. The smallest absolute Gasteiger partial charge is 0.194 e. The second-order valence-corrected chi connectivity index (χ2v) is 4.14. The molecule has 1 aliphatic heterocycles. The molecule has 0 unspecified atom stereocenters. The first-order valence-electron chi connectivity index (χ1n) is 5.71. The van der Waals surface area contributed by atoms with Gasteiger partial charge in [0.15, 0.2) is 5.78 Å². The molecule has 0 aromatic carbocycles. The van der Waals surface area contributed by atoms with Gasteiger partial charge in [-0.2, -0.15) is 5.10 Å². The van der Waals surface area contributed by atoms with E-state index in [0.717, 1.165) is 32.6 Å². The van der Waals surface area contributed by atoms with Crippen LogP contribution in [0.1, 0.15) is 16.9 Å². The average molecular weight is 222 g/mol. The lowest BCUT2D eigenvalue weighted by Gasteiger charge is -2.18. The van der Waals surface area contributed by atoms with E-state index in [1.54, 1.807) is 24.0 Å². The lowest BCUT2D eigenvalue weighted by atomic mass is 10.2. The van der Waals surface area contributed by atoms with Crippen molar-refractivity contribution in [2.75, 3.05) is 32.7 Å². The zero-order valence-corrected chi connectivity index (χ0v) is 9.65. The standard InChI is InChI=1S/C11H18N4O/c1-14-10(3-5-13-14)11(16)9-15-7-2-4-12-6-8-15/h3,5,12H,2,4,6-9H2,1H3. The topological polar surface area (TPSA) is 50.2 Å². The first-order valence-corrected chi connectivity index (χ1v) is 5.71. The number of carbonyl (C=O) groups excluding carboxylic acids is 1. The minimum Gasteiger partial charge on any atom is -0.315 e. The maximum Gasteiger partial charge on any atom is 0.194 e. The van der Waals surface area contributed by atoms with Gasteiger partial charge in [-0.05, 0) is 25.6 Å². The van der Waals surface area contributed by atoms with E-state index >= 15 is 0 Å². The monoisotopic (exact) mass is 222 g/mol. The fourth-order valence-electron chi connectivity index (χ4n) is 1.99. The first-order chi connectivity index (χ1) is 7.77. The maximum atomic E-state index is 12.0. The van der Waals surface area contributed by atoms with Crippen LogP contribution < -0.4 is 5.32 Å². The third kappa shape index (κ3) is 2.68. The highest BCUT2D eigenvalue weighted by atomic mass is 16.1. The molecule has 1 aromatic rings. The van der Waals surface area contributed by atoms with Crippen molar-refractivity contribution in [3.05, 3.63) is 18.0 Å². The van der Waals surface area contributed by atoms with E-state index in [9.17, 15) is 4.79 Å². The van der Waals surface area contributed by atoms with Crippen molar-refractivity contribution in [2.45, 2.75) is 6.42 Å². The molecule has 2 rings (SSSR count). The number of Topliss-reactive ketones (excluding diaryl/α,β-unsaturated/α-hetero) is 1. The Morgan fingerprint density at radius 2 is 2.38 bits per heavy atom. The first kappa shape index (κ1) is 11.3. The molecule has 5 nitrogen and oxygen atoms in total. The van der Waals surface area contributed by atoms with Crippen LogP contribution >= 0.6 is 0 Å². The number of aromatic nitrogens is 2. The molecular weight excluding hydrogens is 204 g/mol. The van der Waals surface area contributed by atoms with E-state index in [1.165, 1.54) is 0 Å². The van der Waals surface area contributed by atoms with Gasteiger partial charge >= 0.3 is 0 Å². The summed E-state index contributed by atoms with van der Waals surface area (Å²) in [6.45, 7) is 4.47. The highest BCUT2D eigenvalue weighted by Gasteiger charge is 2.15.